The summed E-state index contributed by atoms with van der Waals surface area (Å²) in [5, 5.41) is 3.63. The van der Waals surface area contributed by atoms with E-state index in [0.717, 1.165) is 31.1 Å². The molecule has 3 nitrogen and oxygen atoms in total. The maximum atomic E-state index is 12.8. The second-order valence-corrected chi connectivity index (χ2v) is 5.74. The number of thioether (sulfide) groups is 1. The summed E-state index contributed by atoms with van der Waals surface area (Å²) in [5.41, 5.74) is 0. The van der Waals surface area contributed by atoms with Gasteiger partial charge in [0, 0.05) is 43.2 Å². The molecule has 0 aromatic heterocycles. The average molecular weight is 268 g/mol. The lowest BCUT2D eigenvalue weighted by atomic mass is 10.3. The Labute approximate surface area is 111 Å². The molecule has 0 spiro atoms. The fourth-order valence-corrected chi connectivity index (χ4v) is 3.08. The van der Waals surface area contributed by atoms with E-state index in [0.29, 0.717) is 5.25 Å². The van der Waals surface area contributed by atoms with Crippen LogP contribution in [0.15, 0.2) is 29.2 Å². The highest BCUT2D eigenvalue weighted by atomic mass is 32.2. The molecule has 0 radical (unpaired) electrons. The van der Waals surface area contributed by atoms with Crippen molar-refractivity contribution in [3.05, 3.63) is 30.1 Å². The Morgan fingerprint density at radius 3 is 2.83 bits per heavy atom. The molecule has 1 aromatic rings. The van der Waals surface area contributed by atoms with Crippen LogP contribution in [0.2, 0.25) is 0 Å². The summed E-state index contributed by atoms with van der Waals surface area (Å²) >= 11 is 1.68. The fourth-order valence-electron chi connectivity index (χ4n) is 1.95. The molecule has 1 N–H and O–H groups in total. The van der Waals surface area contributed by atoms with Crippen LogP contribution in [0.1, 0.15) is 6.92 Å². The summed E-state index contributed by atoms with van der Waals surface area (Å²) in [6.45, 7) is 4.80. The molecule has 0 bridgehead atoms. The van der Waals surface area contributed by atoms with E-state index < -0.39 is 0 Å². The minimum absolute atomic E-state index is 0.114. The summed E-state index contributed by atoms with van der Waals surface area (Å²) in [7, 11) is 0. The van der Waals surface area contributed by atoms with Gasteiger partial charge in [-0.2, -0.15) is 0 Å². The first-order chi connectivity index (χ1) is 8.65. The number of carbonyl (C=O) groups is 1. The molecule has 18 heavy (non-hydrogen) atoms. The summed E-state index contributed by atoms with van der Waals surface area (Å²) in [4.78, 5) is 14.3. The zero-order chi connectivity index (χ0) is 13.0. The molecule has 5 heteroatoms. The van der Waals surface area contributed by atoms with Gasteiger partial charge < -0.3 is 10.2 Å². The number of rotatable bonds is 2. The zero-order valence-corrected chi connectivity index (χ0v) is 11.2. The molecular weight excluding hydrogens is 251 g/mol. The number of hydrogen-bond acceptors (Lipinski definition) is 3. The van der Waals surface area contributed by atoms with Gasteiger partial charge in [0.15, 0.2) is 0 Å². The largest absolute Gasteiger partial charge is 0.340 e. The summed E-state index contributed by atoms with van der Waals surface area (Å²) in [6.07, 6.45) is 0. The monoisotopic (exact) mass is 268 g/mol. The second-order valence-electron chi connectivity index (χ2n) is 4.36. The number of amides is 1. The topological polar surface area (TPSA) is 32.3 Å². The number of nitrogens with one attached hydrogen (secondary N) is 1. The Balaban J connectivity index is 1.98. The van der Waals surface area contributed by atoms with Crippen LogP contribution in [0.3, 0.4) is 0 Å². The number of nitrogens with zero attached hydrogens (tertiary/aromatic N) is 1. The first-order valence-electron chi connectivity index (χ1n) is 6.03. The van der Waals surface area contributed by atoms with Crippen molar-refractivity contribution in [3.63, 3.8) is 0 Å². The van der Waals surface area contributed by atoms with E-state index in [4.69, 9.17) is 0 Å². The van der Waals surface area contributed by atoms with Gasteiger partial charge in [0.2, 0.25) is 5.91 Å². The molecule has 1 aliphatic rings. The zero-order valence-electron chi connectivity index (χ0n) is 10.4. The highest BCUT2D eigenvalue weighted by molar-refractivity contribution is 8.00. The number of benzene rings is 1. The molecule has 1 heterocycles. The lowest BCUT2D eigenvalue weighted by Crippen LogP contribution is -2.35. The van der Waals surface area contributed by atoms with Crippen molar-refractivity contribution >= 4 is 17.7 Å². The van der Waals surface area contributed by atoms with E-state index >= 15 is 0 Å². The van der Waals surface area contributed by atoms with Crippen molar-refractivity contribution in [1.82, 2.24) is 10.2 Å². The molecule has 1 unspecified atom stereocenters. The third-order valence-corrected chi connectivity index (χ3v) is 4.11. The van der Waals surface area contributed by atoms with E-state index in [1.165, 1.54) is 12.1 Å². The lowest BCUT2D eigenvalue weighted by Gasteiger charge is -2.22. The maximum absolute atomic E-state index is 12.8. The molecular formula is C13H17FN2OS. The second kappa shape index (κ2) is 6.20. The molecule has 1 aromatic carbocycles. The Hall–Kier alpha value is -1.07. The van der Waals surface area contributed by atoms with Crippen LogP contribution in [0, 0.1) is 5.82 Å². The van der Waals surface area contributed by atoms with Gasteiger partial charge in [0.05, 0.1) is 0 Å². The number of carbonyl (C=O) groups excluding carboxylic acids is 1. The SMILES string of the molecule is CC(=O)N1CCNCC(Sc2ccc(F)cc2)C1. The van der Waals surface area contributed by atoms with Gasteiger partial charge in [-0.1, -0.05) is 0 Å². The standard InChI is InChI=1S/C13H17FN2OS/c1-10(17)16-7-6-15-8-13(9-16)18-12-4-2-11(14)3-5-12/h2-5,13,15H,6-9H2,1H3. The summed E-state index contributed by atoms with van der Waals surface area (Å²) < 4.78 is 12.8. The lowest BCUT2D eigenvalue weighted by molar-refractivity contribution is -0.128. The van der Waals surface area contributed by atoms with Crippen LogP contribution in [-0.4, -0.2) is 42.2 Å². The Morgan fingerprint density at radius 2 is 2.17 bits per heavy atom. The van der Waals surface area contributed by atoms with Crippen LogP contribution in [0.25, 0.3) is 0 Å². The van der Waals surface area contributed by atoms with Crippen LogP contribution >= 0.6 is 11.8 Å². The van der Waals surface area contributed by atoms with Crippen LogP contribution in [-0.2, 0) is 4.79 Å². The van der Waals surface area contributed by atoms with E-state index in [-0.39, 0.29) is 11.7 Å². The molecule has 0 saturated carbocycles. The van der Waals surface area contributed by atoms with Crippen LogP contribution in [0.5, 0.6) is 0 Å². The van der Waals surface area contributed by atoms with Gasteiger partial charge in [-0.05, 0) is 24.3 Å². The molecule has 2 rings (SSSR count). The van der Waals surface area contributed by atoms with E-state index in [1.807, 2.05) is 4.90 Å². The Kier molecular flexibility index (Phi) is 4.60. The highest BCUT2D eigenvalue weighted by Crippen LogP contribution is 2.24. The van der Waals surface area contributed by atoms with Crippen molar-refractivity contribution in [2.24, 2.45) is 0 Å². The van der Waals surface area contributed by atoms with Gasteiger partial charge in [-0.15, -0.1) is 11.8 Å². The first kappa shape index (κ1) is 13.4. The predicted octanol–water partition coefficient (Wildman–Crippen LogP) is 1.74. The van der Waals surface area contributed by atoms with E-state index in [1.54, 1.807) is 30.8 Å². The minimum Gasteiger partial charge on any atom is -0.340 e. The normalized spacial score (nSPS) is 20.6. The van der Waals surface area contributed by atoms with Crippen molar-refractivity contribution in [1.29, 1.82) is 0 Å². The summed E-state index contributed by atoms with van der Waals surface area (Å²) in [6, 6.07) is 6.50. The van der Waals surface area contributed by atoms with Crippen molar-refractivity contribution in [3.8, 4) is 0 Å². The van der Waals surface area contributed by atoms with Crippen LogP contribution < -0.4 is 5.32 Å². The quantitative estimate of drug-likeness (QED) is 0.886. The molecule has 0 aliphatic carbocycles. The predicted molar refractivity (Wildman–Crippen MR) is 71.2 cm³/mol. The molecule has 1 aliphatic heterocycles. The van der Waals surface area contributed by atoms with Crippen molar-refractivity contribution < 1.29 is 9.18 Å². The van der Waals surface area contributed by atoms with E-state index in [9.17, 15) is 9.18 Å². The molecule has 1 atom stereocenters. The maximum Gasteiger partial charge on any atom is 0.219 e. The Morgan fingerprint density at radius 1 is 1.44 bits per heavy atom. The first-order valence-corrected chi connectivity index (χ1v) is 6.91. The third kappa shape index (κ3) is 3.71. The minimum atomic E-state index is -0.219. The molecule has 1 amide bonds. The highest BCUT2D eigenvalue weighted by Gasteiger charge is 2.20. The van der Waals surface area contributed by atoms with Crippen molar-refractivity contribution in [2.75, 3.05) is 26.2 Å². The van der Waals surface area contributed by atoms with Crippen LogP contribution in [0.4, 0.5) is 4.39 Å². The third-order valence-electron chi connectivity index (χ3n) is 2.92. The van der Waals surface area contributed by atoms with Gasteiger partial charge in [-0.25, -0.2) is 4.39 Å². The number of halogens is 1. The molecule has 1 saturated heterocycles. The fraction of sp³-hybridized carbons (Fsp3) is 0.462. The van der Waals surface area contributed by atoms with Gasteiger partial charge in [-0.3, -0.25) is 4.79 Å². The molecule has 1 fully saturated rings. The van der Waals surface area contributed by atoms with E-state index in [2.05, 4.69) is 5.32 Å². The summed E-state index contributed by atoms with van der Waals surface area (Å²) in [5.74, 6) is -0.105. The Bertz CT molecular complexity index is 410. The van der Waals surface area contributed by atoms with Gasteiger partial charge in [0.25, 0.3) is 0 Å². The van der Waals surface area contributed by atoms with Gasteiger partial charge >= 0.3 is 0 Å². The van der Waals surface area contributed by atoms with Crippen molar-refractivity contribution in [2.45, 2.75) is 17.1 Å². The smallest absolute Gasteiger partial charge is 0.219 e. The number of hydrogen-bond donors (Lipinski definition) is 1. The molecule has 98 valence electrons. The average Bonchev–Trinajstić information content (AvgIpc) is 2.58. The van der Waals surface area contributed by atoms with Gasteiger partial charge in [0.1, 0.15) is 5.82 Å².